The lowest BCUT2D eigenvalue weighted by Gasteiger charge is -2.23. The van der Waals surface area contributed by atoms with E-state index in [1.54, 1.807) is 0 Å². The summed E-state index contributed by atoms with van der Waals surface area (Å²) >= 11 is 0. The molecule has 0 aliphatic heterocycles. The van der Waals surface area contributed by atoms with Crippen LogP contribution in [0.25, 0.3) is 143 Å². The molecular formula is C86H80. The van der Waals surface area contributed by atoms with Crippen LogP contribution >= 0.6 is 0 Å². The van der Waals surface area contributed by atoms with Crippen LogP contribution in [0.4, 0.5) is 0 Å². The predicted molar refractivity (Wildman–Crippen MR) is 376 cm³/mol. The SMILES string of the molecule is CC(C)(C)c1ccc(-c2cc(-c3ccc(C(C)(C)C)cc3)cc(-c3c4c(c(-c5cc(-c6ccc(C(C)(C)C)cc6)cc(-c6ccc(C(C)(C)C)cc6)c5)c5ccccc35)-c3ccc5c6cc(C(C)(C)C)cc7cccc(c8ccc-4c3c85)c76)c2)cc1. The van der Waals surface area contributed by atoms with Crippen LogP contribution in [-0.2, 0) is 27.1 Å². The summed E-state index contributed by atoms with van der Waals surface area (Å²) in [5.41, 5.74) is 26.6. The molecule has 0 fully saturated rings. The molecular weight excluding hydrogens is 1030 g/mol. The minimum absolute atomic E-state index is 0.0245. The summed E-state index contributed by atoms with van der Waals surface area (Å²) in [7, 11) is 0. The minimum Gasteiger partial charge on any atom is -0.0616 e. The molecule has 0 saturated heterocycles. The monoisotopic (exact) mass is 1110 g/mol. The van der Waals surface area contributed by atoms with Gasteiger partial charge in [-0.3, -0.25) is 0 Å². The van der Waals surface area contributed by atoms with Gasteiger partial charge < -0.3 is 0 Å². The Morgan fingerprint density at radius 2 is 0.500 bits per heavy atom. The van der Waals surface area contributed by atoms with E-state index in [1.165, 1.54) is 171 Å². The number of hydrogen-bond acceptors (Lipinski definition) is 0. The van der Waals surface area contributed by atoms with Crippen molar-refractivity contribution >= 4 is 53.9 Å². The zero-order valence-corrected chi connectivity index (χ0v) is 53.2. The van der Waals surface area contributed by atoms with Crippen LogP contribution < -0.4 is 0 Å². The summed E-state index contributed by atoms with van der Waals surface area (Å²) in [4.78, 5) is 0. The third-order valence-corrected chi connectivity index (χ3v) is 19.1. The lowest BCUT2D eigenvalue weighted by Crippen LogP contribution is -2.10. The fraction of sp³-hybridized carbons (Fsp3) is 0.233. The van der Waals surface area contributed by atoms with Crippen molar-refractivity contribution in [3.8, 4) is 89.0 Å². The van der Waals surface area contributed by atoms with Crippen LogP contribution in [0.3, 0.4) is 0 Å². The summed E-state index contributed by atoms with van der Waals surface area (Å²) < 4.78 is 0. The van der Waals surface area contributed by atoms with Crippen molar-refractivity contribution in [2.75, 3.05) is 0 Å². The maximum Gasteiger partial charge on any atom is -0.000740 e. The largest absolute Gasteiger partial charge is 0.0616 e. The quantitative estimate of drug-likeness (QED) is 0.115. The highest BCUT2D eigenvalue weighted by Crippen LogP contribution is 2.61. The van der Waals surface area contributed by atoms with Gasteiger partial charge in [-0.1, -0.05) is 274 Å². The standard InChI is InChI=1S/C86H80/c1-82(2,3)62-31-23-51(24-32-62)56-43-57(52-25-33-63(34-26-52)83(4,5)6)46-60(45-56)76-68-20-16-17-21-69(68)77(61-47-58(53-27-35-64(36-28-53)84(7,8)9)44-59(48-61)54-29-37-65(38-30-54)85(10,11)12)81-73-42-40-71-74-50-66(86(13,14)15)49-55-19-18-22-67(75(55)74)70-39-41-72(80(76)81)79(73)78(70)71/h16-50H,1-15H3. The van der Waals surface area contributed by atoms with Crippen molar-refractivity contribution in [2.45, 2.75) is 131 Å². The third kappa shape index (κ3) is 9.26. The first-order valence-corrected chi connectivity index (χ1v) is 31.3. The van der Waals surface area contributed by atoms with Gasteiger partial charge in [0.15, 0.2) is 0 Å². The van der Waals surface area contributed by atoms with Crippen LogP contribution in [0, 0.1) is 0 Å². The van der Waals surface area contributed by atoms with Gasteiger partial charge in [0.1, 0.15) is 0 Å². The fourth-order valence-electron chi connectivity index (χ4n) is 14.1. The van der Waals surface area contributed by atoms with Gasteiger partial charge in [0.25, 0.3) is 0 Å². The van der Waals surface area contributed by atoms with E-state index >= 15 is 0 Å². The van der Waals surface area contributed by atoms with Crippen LogP contribution in [0.1, 0.15) is 132 Å². The van der Waals surface area contributed by atoms with Crippen LogP contribution in [0.2, 0.25) is 0 Å². The van der Waals surface area contributed by atoms with Crippen LogP contribution in [0.15, 0.2) is 212 Å². The summed E-state index contributed by atoms with van der Waals surface area (Å²) in [5, 5.41) is 13.1. The lowest BCUT2D eigenvalue weighted by atomic mass is 9.80. The van der Waals surface area contributed by atoms with Crippen molar-refractivity contribution in [1.29, 1.82) is 0 Å². The summed E-state index contributed by atoms with van der Waals surface area (Å²) in [6.07, 6.45) is 0. The van der Waals surface area contributed by atoms with E-state index in [0.717, 1.165) is 0 Å². The van der Waals surface area contributed by atoms with Gasteiger partial charge in [-0.25, -0.2) is 0 Å². The van der Waals surface area contributed by atoms with E-state index in [4.69, 9.17) is 0 Å². The molecule has 13 aromatic rings. The van der Waals surface area contributed by atoms with E-state index in [9.17, 15) is 0 Å². The molecule has 0 bridgehead atoms. The second-order valence-electron chi connectivity index (χ2n) is 30.2. The van der Waals surface area contributed by atoms with Crippen molar-refractivity contribution in [1.82, 2.24) is 0 Å². The molecule has 424 valence electrons. The molecule has 14 rings (SSSR count). The molecule has 0 heteroatoms. The molecule has 0 nitrogen and oxygen atoms in total. The van der Waals surface area contributed by atoms with E-state index in [0.29, 0.717) is 0 Å². The molecule has 0 unspecified atom stereocenters. The number of fused-ring (bicyclic) bond motifs is 6. The zero-order chi connectivity index (χ0) is 60.1. The molecule has 1 aliphatic carbocycles. The van der Waals surface area contributed by atoms with Crippen molar-refractivity contribution in [3.63, 3.8) is 0 Å². The van der Waals surface area contributed by atoms with Gasteiger partial charge in [-0.05, 0) is 240 Å². The first kappa shape index (κ1) is 55.3. The number of hydrogen-bond donors (Lipinski definition) is 0. The van der Waals surface area contributed by atoms with E-state index in [2.05, 4.69) is 316 Å². The Bertz CT molecular complexity index is 4480. The molecule has 0 amide bonds. The molecule has 0 aromatic heterocycles. The Kier molecular flexibility index (Phi) is 12.5. The summed E-state index contributed by atoms with van der Waals surface area (Å²) in [6.45, 7) is 34.7. The summed E-state index contributed by atoms with van der Waals surface area (Å²) in [5.74, 6) is 0. The van der Waals surface area contributed by atoms with Crippen LogP contribution in [0.5, 0.6) is 0 Å². The Morgan fingerprint density at radius 3 is 0.849 bits per heavy atom. The van der Waals surface area contributed by atoms with Gasteiger partial charge >= 0.3 is 0 Å². The molecule has 13 aromatic carbocycles. The van der Waals surface area contributed by atoms with Gasteiger partial charge in [-0.15, -0.1) is 0 Å². The first-order chi connectivity index (χ1) is 40.8. The van der Waals surface area contributed by atoms with Crippen molar-refractivity contribution in [2.24, 2.45) is 0 Å². The van der Waals surface area contributed by atoms with Gasteiger partial charge in [0, 0.05) is 0 Å². The minimum atomic E-state index is -0.0245. The zero-order valence-electron chi connectivity index (χ0n) is 53.2. The highest BCUT2D eigenvalue weighted by molar-refractivity contribution is 6.39. The molecule has 0 heterocycles. The molecule has 0 radical (unpaired) electrons. The average molecular weight is 1110 g/mol. The van der Waals surface area contributed by atoms with Gasteiger partial charge in [-0.2, -0.15) is 0 Å². The molecule has 0 spiro atoms. The van der Waals surface area contributed by atoms with E-state index < -0.39 is 0 Å². The van der Waals surface area contributed by atoms with Gasteiger partial charge in [0.2, 0.25) is 0 Å². The maximum atomic E-state index is 2.51. The summed E-state index contributed by atoms with van der Waals surface area (Å²) in [6, 6.07) is 83.5. The third-order valence-electron chi connectivity index (χ3n) is 19.1. The maximum absolute atomic E-state index is 2.51. The molecule has 0 N–H and O–H groups in total. The average Bonchev–Trinajstić information content (AvgIpc) is 1.45. The van der Waals surface area contributed by atoms with Gasteiger partial charge in [0.05, 0.1) is 0 Å². The fourth-order valence-corrected chi connectivity index (χ4v) is 14.1. The van der Waals surface area contributed by atoms with E-state index in [-0.39, 0.29) is 27.1 Å². The van der Waals surface area contributed by atoms with Crippen LogP contribution in [-0.4, -0.2) is 0 Å². The highest BCUT2D eigenvalue weighted by atomic mass is 14.4. The Hall–Kier alpha value is -8.58. The van der Waals surface area contributed by atoms with Crippen molar-refractivity contribution in [3.05, 3.63) is 240 Å². The predicted octanol–water partition coefficient (Wildman–Crippen LogP) is 25.0. The topological polar surface area (TPSA) is 0 Å². The molecule has 0 saturated carbocycles. The lowest BCUT2D eigenvalue weighted by molar-refractivity contribution is 0.590. The molecule has 1 aliphatic rings. The smallest absolute Gasteiger partial charge is 0.000740 e. The Balaban J connectivity index is 1.12. The highest BCUT2D eigenvalue weighted by Gasteiger charge is 2.34. The number of benzene rings is 13. The Morgan fingerprint density at radius 1 is 0.186 bits per heavy atom. The number of rotatable bonds is 6. The first-order valence-electron chi connectivity index (χ1n) is 31.3. The van der Waals surface area contributed by atoms with Crippen molar-refractivity contribution < 1.29 is 0 Å². The second-order valence-corrected chi connectivity index (χ2v) is 30.2. The van der Waals surface area contributed by atoms with E-state index in [1.807, 2.05) is 0 Å². The normalized spacial score (nSPS) is 13.1. The molecule has 0 atom stereocenters. The Labute approximate surface area is 511 Å². The molecule has 86 heavy (non-hydrogen) atoms. The second kappa shape index (κ2) is 19.5.